The van der Waals surface area contributed by atoms with Crippen LogP contribution >= 0.6 is 12.2 Å². The lowest BCUT2D eigenvalue weighted by molar-refractivity contribution is -0.118. The van der Waals surface area contributed by atoms with E-state index in [1.165, 1.54) is 0 Å². The van der Waals surface area contributed by atoms with E-state index in [-0.39, 0.29) is 12.5 Å². The predicted molar refractivity (Wildman–Crippen MR) is 124 cm³/mol. The molecule has 2 aromatic carbocycles. The Hall–Kier alpha value is -2.64. The summed E-state index contributed by atoms with van der Waals surface area (Å²) in [4.78, 5) is 17.7. The van der Waals surface area contributed by atoms with E-state index in [4.69, 9.17) is 21.7 Å². The monoisotopic (exact) mass is 427 g/mol. The molecule has 1 N–H and O–H groups in total. The summed E-state index contributed by atoms with van der Waals surface area (Å²) in [6.07, 6.45) is 0. The van der Waals surface area contributed by atoms with E-state index < -0.39 is 0 Å². The van der Waals surface area contributed by atoms with Crippen molar-refractivity contribution in [3.05, 3.63) is 53.1 Å². The second kappa shape index (κ2) is 9.91. The summed E-state index contributed by atoms with van der Waals surface area (Å²) in [7, 11) is 3.70. The number of piperazine rings is 1. The predicted octanol–water partition coefficient (Wildman–Crippen LogP) is 3.25. The van der Waals surface area contributed by atoms with Crippen molar-refractivity contribution in [2.45, 2.75) is 13.8 Å². The number of benzene rings is 2. The van der Waals surface area contributed by atoms with Crippen molar-refractivity contribution in [3.8, 4) is 11.5 Å². The molecule has 0 spiro atoms. The van der Waals surface area contributed by atoms with Crippen LogP contribution in [0.4, 0.5) is 5.69 Å². The number of hydrogen-bond donors (Lipinski definition) is 1. The van der Waals surface area contributed by atoms with E-state index >= 15 is 0 Å². The first kappa shape index (κ1) is 22.1. The number of hydrogen-bond acceptors (Lipinski definition) is 5. The standard InChI is InChI=1S/C23H29N3O3S/c1-16-5-6-17(2)19(13-16)24-22(27)15-29-20-8-7-18(14-21(20)28-4)23(30)26-11-9-25(3)10-12-26/h5-8,13-14H,9-12,15H2,1-4H3,(H,24,27). The minimum atomic E-state index is -0.220. The smallest absolute Gasteiger partial charge is 0.262 e. The van der Waals surface area contributed by atoms with Gasteiger partial charge in [0.05, 0.1) is 7.11 Å². The summed E-state index contributed by atoms with van der Waals surface area (Å²) in [5.41, 5.74) is 3.81. The fourth-order valence-corrected chi connectivity index (χ4v) is 3.62. The largest absolute Gasteiger partial charge is 0.493 e. The third-order valence-corrected chi connectivity index (χ3v) is 5.72. The van der Waals surface area contributed by atoms with E-state index in [1.54, 1.807) is 7.11 Å². The van der Waals surface area contributed by atoms with Gasteiger partial charge in [0.25, 0.3) is 5.91 Å². The quantitative estimate of drug-likeness (QED) is 0.715. The molecule has 160 valence electrons. The van der Waals surface area contributed by atoms with Gasteiger partial charge in [-0.1, -0.05) is 24.4 Å². The maximum atomic E-state index is 12.3. The zero-order valence-electron chi connectivity index (χ0n) is 18.0. The Balaban J connectivity index is 1.63. The van der Waals surface area contributed by atoms with Gasteiger partial charge >= 0.3 is 0 Å². The fraction of sp³-hybridized carbons (Fsp3) is 0.391. The summed E-state index contributed by atoms with van der Waals surface area (Å²) in [5, 5.41) is 2.90. The number of carbonyl (C=O) groups is 1. The van der Waals surface area contributed by atoms with Gasteiger partial charge in [0, 0.05) is 37.4 Å². The SMILES string of the molecule is COc1cc(C(=S)N2CCN(C)CC2)ccc1OCC(=O)Nc1cc(C)ccc1C. The molecule has 0 bridgehead atoms. The second-order valence-electron chi connectivity index (χ2n) is 7.62. The number of likely N-dealkylation sites (N-methyl/N-ethyl adjacent to an activating group) is 1. The molecule has 1 heterocycles. The lowest BCUT2D eigenvalue weighted by Gasteiger charge is -2.34. The van der Waals surface area contributed by atoms with Crippen molar-refractivity contribution >= 4 is 28.8 Å². The maximum Gasteiger partial charge on any atom is 0.262 e. The minimum absolute atomic E-state index is 0.105. The molecule has 0 radical (unpaired) electrons. The average molecular weight is 428 g/mol. The molecule has 1 aliphatic heterocycles. The zero-order valence-corrected chi connectivity index (χ0v) is 18.8. The molecule has 0 atom stereocenters. The van der Waals surface area contributed by atoms with Crippen LogP contribution in [0.3, 0.4) is 0 Å². The molecule has 1 aliphatic rings. The summed E-state index contributed by atoms with van der Waals surface area (Å²) >= 11 is 5.68. The van der Waals surface area contributed by atoms with Crippen LogP contribution in [0.5, 0.6) is 11.5 Å². The molecule has 1 amide bonds. The van der Waals surface area contributed by atoms with Crippen LogP contribution in [0.15, 0.2) is 36.4 Å². The highest BCUT2D eigenvalue weighted by molar-refractivity contribution is 7.80. The number of amides is 1. The molecular weight excluding hydrogens is 398 g/mol. The van der Waals surface area contributed by atoms with E-state index in [9.17, 15) is 4.79 Å². The lowest BCUT2D eigenvalue weighted by atomic mass is 10.1. The molecule has 0 saturated carbocycles. The number of aryl methyl sites for hydroxylation is 2. The van der Waals surface area contributed by atoms with Gasteiger partial charge in [-0.25, -0.2) is 0 Å². The number of nitrogens with zero attached hydrogens (tertiary/aromatic N) is 2. The third-order valence-electron chi connectivity index (χ3n) is 5.23. The van der Waals surface area contributed by atoms with E-state index in [0.717, 1.165) is 53.5 Å². The number of methoxy groups -OCH3 is 1. The average Bonchev–Trinajstić information content (AvgIpc) is 2.74. The van der Waals surface area contributed by atoms with Crippen molar-refractivity contribution in [2.24, 2.45) is 0 Å². The van der Waals surface area contributed by atoms with Gasteiger partial charge in [-0.05, 0) is 56.3 Å². The normalized spacial score (nSPS) is 14.3. The Morgan fingerprint density at radius 1 is 1.07 bits per heavy atom. The molecule has 1 saturated heterocycles. The molecule has 0 aromatic heterocycles. The van der Waals surface area contributed by atoms with Gasteiger partial charge in [-0.2, -0.15) is 0 Å². The lowest BCUT2D eigenvalue weighted by Crippen LogP contribution is -2.46. The zero-order chi connectivity index (χ0) is 21.7. The summed E-state index contributed by atoms with van der Waals surface area (Å²) in [5.74, 6) is 0.852. The van der Waals surface area contributed by atoms with Gasteiger partial charge in [-0.3, -0.25) is 4.79 Å². The first-order chi connectivity index (χ1) is 14.4. The van der Waals surface area contributed by atoms with Gasteiger partial charge in [0.1, 0.15) is 4.99 Å². The van der Waals surface area contributed by atoms with Crippen LogP contribution in [0.2, 0.25) is 0 Å². The number of nitrogens with one attached hydrogen (secondary N) is 1. The molecule has 1 fully saturated rings. The van der Waals surface area contributed by atoms with Crippen LogP contribution in [0.25, 0.3) is 0 Å². The highest BCUT2D eigenvalue weighted by Crippen LogP contribution is 2.29. The van der Waals surface area contributed by atoms with Crippen molar-refractivity contribution in [2.75, 3.05) is 52.3 Å². The number of ether oxygens (including phenoxy) is 2. The van der Waals surface area contributed by atoms with E-state index in [1.807, 2.05) is 50.2 Å². The van der Waals surface area contributed by atoms with Crippen molar-refractivity contribution in [3.63, 3.8) is 0 Å². The molecule has 0 unspecified atom stereocenters. The molecule has 0 aliphatic carbocycles. The van der Waals surface area contributed by atoms with Gasteiger partial charge < -0.3 is 24.6 Å². The van der Waals surface area contributed by atoms with Gasteiger partial charge in [0.15, 0.2) is 18.1 Å². The van der Waals surface area contributed by atoms with Crippen LogP contribution < -0.4 is 14.8 Å². The van der Waals surface area contributed by atoms with Crippen molar-refractivity contribution < 1.29 is 14.3 Å². The highest BCUT2D eigenvalue weighted by Gasteiger charge is 2.19. The first-order valence-corrected chi connectivity index (χ1v) is 10.4. The Kier molecular flexibility index (Phi) is 7.29. The summed E-state index contributed by atoms with van der Waals surface area (Å²) < 4.78 is 11.2. The van der Waals surface area contributed by atoms with Gasteiger partial charge in [-0.15, -0.1) is 0 Å². The van der Waals surface area contributed by atoms with E-state index in [0.29, 0.717) is 11.5 Å². The van der Waals surface area contributed by atoms with Crippen molar-refractivity contribution in [1.29, 1.82) is 0 Å². The Bertz CT molecular complexity index is 924. The third kappa shape index (κ3) is 5.49. The number of carbonyl (C=O) groups excluding carboxylic acids is 1. The molecular formula is C23H29N3O3S. The molecule has 3 rings (SSSR count). The van der Waals surface area contributed by atoms with E-state index in [2.05, 4.69) is 22.2 Å². The Labute approximate surface area is 183 Å². The topological polar surface area (TPSA) is 54.0 Å². The summed E-state index contributed by atoms with van der Waals surface area (Å²) in [6.45, 7) is 7.66. The van der Waals surface area contributed by atoms with Crippen molar-refractivity contribution in [1.82, 2.24) is 9.80 Å². The Morgan fingerprint density at radius 2 is 1.80 bits per heavy atom. The number of rotatable bonds is 6. The molecule has 30 heavy (non-hydrogen) atoms. The van der Waals surface area contributed by atoms with Crippen LogP contribution in [0, 0.1) is 13.8 Å². The maximum absolute atomic E-state index is 12.3. The number of anilines is 1. The van der Waals surface area contributed by atoms with Crippen LogP contribution in [-0.2, 0) is 4.79 Å². The number of thiocarbonyl (C=S) groups is 1. The van der Waals surface area contributed by atoms with Crippen LogP contribution in [-0.4, -0.2) is 67.6 Å². The Morgan fingerprint density at radius 3 is 2.50 bits per heavy atom. The first-order valence-electron chi connectivity index (χ1n) is 10.0. The molecule has 6 nitrogen and oxygen atoms in total. The second-order valence-corrected chi connectivity index (χ2v) is 8.00. The molecule has 2 aromatic rings. The van der Waals surface area contributed by atoms with Crippen LogP contribution in [0.1, 0.15) is 16.7 Å². The molecule has 7 heteroatoms. The highest BCUT2D eigenvalue weighted by atomic mass is 32.1. The summed E-state index contributed by atoms with van der Waals surface area (Å²) in [6, 6.07) is 11.5. The fourth-order valence-electron chi connectivity index (χ4n) is 3.31. The van der Waals surface area contributed by atoms with Gasteiger partial charge in [0.2, 0.25) is 0 Å². The minimum Gasteiger partial charge on any atom is -0.493 e.